The third-order valence-corrected chi connectivity index (χ3v) is 12.1. The predicted molar refractivity (Wildman–Crippen MR) is 269 cm³/mol. The molecule has 5 aromatic rings. The second kappa shape index (κ2) is 29.9. The van der Waals surface area contributed by atoms with Gasteiger partial charge >= 0.3 is 11.9 Å². The van der Waals surface area contributed by atoms with Crippen LogP contribution < -0.4 is 0 Å². The molecule has 64 heavy (non-hydrogen) atoms. The number of aromatic hydroxyl groups is 2. The molecule has 0 aliphatic carbocycles. The van der Waals surface area contributed by atoms with Crippen LogP contribution in [-0.4, -0.2) is 22.2 Å². The van der Waals surface area contributed by atoms with Crippen molar-refractivity contribution in [3.05, 3.63) is 167 Å². The molecule has 0 aliphatic heterocycles. The van der Waals surface area contributed by atoms with Gasteiger partial charge in [0.15, 0.2) is 0 Å². The Morgan fingerprint density at radius 3 is 0.875 bits per heavy atom. The van der Waals surface area contributed by atoms with E-state index < -0.39 is 10.8 Å². The van der Waals surface area contributed by atoms with Crippen molar-refractivity contribution in [2.75, 3.05) is 0 Å². The highest BCUT2D eigenvalue weighted by Crippen LogP contribution is 2.28. The van der Waals surface area contributed by atoms with Crippen LogP contribution in [0.2, 0.25) is 0 Å². The minimum atomic E-state index is -0.400. The topological polar surface area (TPSA) is 93.1 Å². The highest BCUT2D eigenvalue weighted by Gasteiger charge is 2.29. The molecule has 5 unspecified atom stereocenters. The number of esters is 2. The van der Waals surface area contributed by atoms with Gasteiger partial charge < -0.3 is 19.7 Å². The SMILES string of the molecule is CCC(C)(C)C(=O)OC(C)c1ccccc1.CCC(C)(C)C(=O)OC(C)c1ccccc1.CCC(C)c1ccc(O)cc1.CCC(C)c1ccc(O)cc1.CCC(C)c1ccccc1. The molecule has 0 heterocycles. The van der Waals surface area contributed by atoms with Crippen LogP contribution >= 0.6 is 0 Å². The molecule has 5 rings (SSSR count). The maximum atomic E-state index is 11.9. The number of ether oxygens (including phenoxy) is 2. The smallest absolute Gasteiger partial charge is 0.312 e. The maximum absolute atomic E-state index is 11.9. The summed E-state index contributed by atoms with van der Waals surface area (Å²) in [6, 6.07) is 45.1. The van der Waals surface area contributed by atoms with E-state index in [1.807, 2.05) is 140 Å². The summed E-state index contributed by atoms with van der Waals surface area (Å²) in [7, 11) is 0. The van der Waals surface area contributed by atoms with Crippen molar-refractivity contribution < 1.29 is 29.3 Å². The van der Waals surface area contributed by atoms with Crippen LogP contribution in [0.25, 0.3) is 0 Å². The lowest BCUT2D eigenvalue weighted by molar-refractivity contribution is -0.160. The van der Waals surface area contributed by atoms with E-state index in [0.717, 1.165) is 36.8 Å². The van der Waals surface area contributed by atoms with E-state index in [2.05, 4.69) is 71.9 Å². The summed E-state index contributed by atoms with van der Waals surface area (Å²) in [5, 5.41) is 18.0. The summed E-state index contributed by atoms with van der Waals surface area (Å²) < 4.78 is 10.9. The van der Waals surface area contributed by atoms with Gasteiger partial charge in [-0.25, -0.2) is 0 Å². The Morgan fingerprint density at radius 1 is 0.406 bits per heavy atom. The third-order valence-electron chi connectivity index (χ3n) is 12.1. The van der Waals surface area contributed by atoms with Crippen LogP contribution in [0.3, 0.4) is 0 Å². The van der Waals surface area contributed by atoms with Crippen molar-refractivity contribution in [2.45, 2.75) is 159 Å². The Labute approximate surface area is 388 Å². The van der Waals surface area contributed by atoms with Crippen molar-refractivity contribution in [3.63, 3.8) is 0 Å². The van der Waals surface area contributed by atoms with E-state index in [4.69, 9.17) is 19.7 Å². The Balaban J connectivity index is 0.000000405. The molecule has 6 heteroatoms. The Kier molecular flexibility index (Phi) is 26.5. The van der Waals surface area contributed by atoms with Gasteiger partial charge in [0.25, 0.3) is 0 Å². The molecule has 0 saturated heterocycles. The second-order valence-corrected chi connectivity index (χ2v) is 17.9. The molecule has 0 amide bonds. The summed E-state index contributed by atoms with van der Waals surface area (Å²) in [6.45, 7) is 28.6. The van der Waals surface area contributed by atoms with Crippen LogP contribution in [-0.2, 0) is 19.1 Å². The standard InChI is InChI=1S/2C14H20O2.2C10H14O.C10H14/c2*1-5-14(3,4)13(15)16-11(2)12-9-7-6-8-10-12;2*1-3-8(2)9-4-6-10(11)7-5-9;1-3-9(2)10-7-5-4-6-8-10/h2*6-11H,5H2,1-4H3;2*4-8,11H,3H2,1-2H3;4-9H,3H2,1-2H3. The molecule has 0 fully saturated rings. The Bertz CT molecular complexity index is 1830. The first-order chi connectivity index (χ1) is 30.3. The maximum Gasteiger partial charge on any atom is 0.312 e. The molecule has 6 nitrogen and oxygen atoms in total. The van der Waals surface area contributed by atoms with Crippen molar-refractivity contribution >= 4 is 11.9 Å². The number of hydrogen-bond acceptors (Lipinski definition) is 6. The largest absolute Gasteiger partial charge is 0.508 e. The first kappa shape index (κ1) is 56.7. The second-order valence-electron chi connectivity index (χ2n) is 17.9. The normalized spacial score (nSPS) is 13.1. The summed E-state index contributed by atoms with van der Waals surface area (Å²) in [5.74, 6) is 2.32. The number of phenols is 2. The van der Waals surface area contributed by atoms with Crippen molar-refractivity contribution in [1.29, 1.82) is 0 Å². The molecular weight excluding hydrogens is 793 g/mol. The number of carbonyl (C=O) groups is 2. The monoisotopic (exact) mass is 875 g/mol. The first-order valence-electron chi connectivity index (χ1n) is 23.4. The molecule has 2 N–H and O–H groups in total. The molecule has 0 aromatic heterocycles. The van der Waals surface area contributed by atoms with Gasteiger partial charge in [-0.2, -0.15) is 0 Å². The van der Waals surface area contributed by atoms with Crippen LogP contribution in [0.15, 0.2) is 140 Å². The molecule has 0 radical (unpaired) electrons. The van der Waals surface area contributed by atoms with E-state index in [0.29, 0.717) is 29.3 Å². The van der Waals surface area contributed by atoms with Crippen LogP contribution in [0.4, 0.5) is 0 Å². The lowest BCUT2D eigenvalue weighted by Gasteiger charge is -2.23. The summed E-state index contributed by atoms with van der Waals surface area (Å²) in [4.78, 5) is 23.7. The fraction of sp³-hybridized carbons (Fsp3) is 0.448. The van der Waals surface area contributed by atoms with E-state index in [9.17, 15) is 9.59 Å². The van der Waals surface area contributed by atoms with Crippen LogP contribution in [0.5, 0.6) is 11.5 Å². The summed E-state index contributed by atoms with van der Waals surface area (Å²) in [6.07, 6.45) is 4.72. The quantitative estimate of drug-likeness (QED) is 0.108. The molecule has 0 aliphatic rings. The number of rotatable bonds is 14. The Hall–Kier alpha value is -5.36. The minimum absolute atomic E-state index is 0.133. The van der Waals surface area contributed by atoms with Gasteiger partial charge in [-0.1, -0.05) is 171 Å². The van der Waals surface area contributed by atoms with Crippen molar-refractivity contribution in [1.82, 2.24) is 0 Å². The molecule has 5 aromatic carbocycles. The number of benzene rings is 5. The highest BCUT2D eigenvalue weighted by molar-refractivity contribution is 5.76. The minimum Gasteiger partial charge on any atom is -0.508 e. The van der Waals surface area contributed by atoms with E-state index in [-0.39, 0.29) is 24.1 Å². The average molecular weight is 875 g/mol. The van der Waals surface area contributed by atoms with Gasteiger partial charge in [-0.05, 0) is 143 Å². The first-order valence-corrected chi connectivity index (χ1v) is 23.4. The molecule has 5 atom stereocenters. The van der Waals surface area contributed by atoms with E-state index >= 15 is 0 Å². The zero-order valence-corrected chi connectivity index (χ0v) is 41.7. The van der Waals surface area contributed by atoms with Gasteiger partial charge in [0.05, 0.1) is 10.8 Å². The van der Waals surface area contributed by atoms with Gasteiger partial charge in [0.1, 0.15) is 23.7 Å². The fourth-order valence-corrected chi connectivity index (χ4v) is 5.61. The van der Waals surface area contributed by atoms with Gasteiger partial charge in [0, 0.05) is 0 Å². The lowest BCUT2D eigenvalue weighted by Crippen LogP contribution is -2.26. The summed E-state index contributed by atoms with van der Waals surface area (Å²) in [5.41, 5.74) is 5.30. The molecular formula is C58H82O6. The average Bonchev–Trinajstić information content (AvgIpc) is 3.32. The van der Waals surface area contributed by atoms with Gasteiger partial charge in [-0.3, -0.25) is 9.59 Å². The molecule has 350 valence electrons. The molecule has 0 bridgehead atoms. The number of hydrogen-bond donors (Lipinski definition) is 2. The van der Waals surface area contributed by atoms with Crippen LogP contribution in [0, 0.1) is 10.8 Å². The fourth-order valence-electron chi connectivity index (χ4n) is 5.61. The third kappa shape index (κ3) is 21.3. The van der Waals surface area contributed by atoms with Crippen LogP contribution in [0.1, 0.15) is 187 Å². The molecule has 0 spiro atoms. The number of phenolic OH excluding ortho intramolecular Hbond substituents is 2. The highest BCUT2D eigenvalue weighted by atomic mass is 16.5. The lowest BCUT2D eigenvalue weighted by atomic mass is 9.90. The van der Waals surface area contributed by atoms with Crippen molar-refractivity contribution in [2.24, 2.45) is 10.8 Å². The zero-order chi connectivity index (χ0) is 48.3. The number of carbonyl (C=O) groups excluding carboxylic acids is 2. The van der Waals surface area contributed by atoms with Gasteiger partial charge in [-0.15, -0.1) is 0 Å². The Morgan fingerprint density at radius 2 is 0.641 bits per heavy atom. The van der Waals surface area contributed by atoms with Gasteiger partial charge in [0.2, 0.25) is 0 Å². The van der Waals surface area contributed by atoms with E-state index in [1.54, 1.807) is 24.3 Å². The predicted octanol–water partition coefficient (Wildman–Crippen LogP) is 16.5. The van der Waals surface area contributed by atoms with Crippen molar-refractivity contribution in [3.8, 4) is 11.5 Å². The zero-order valence-electron chi connectivity index (χ0n) is 41.7. The summed E-state index contributed by atoms with van der Waals surface area (Å²) >= 11 is 0. The van der Waals surface area contributed by atoms with E-state index in [1.165, 1.54) is 23.1 Å². The molecule has 0 saturated carbocycles.